The Morgan fingerprint density at radius 2 is 2.29 bits per heavy atom. The van der Waals surface area contributed by atoms with Crippen molar-refractivity contribution in [2.45, 2.75) is 24.5 Å². The molecule has 0 spiro atoms. The molecule has 1 aliphatic rings. The van der Waals surface area contributed by atoms with Gasteiger partial charge in [-0.3, -0.25) is 4.79 Å². The molecule has 0 aromatic carbocycles. The van der Waals surface area contributed by atoms with E-state index < -0.39 is 0 Å². The molecule has 7 heavy (non-hydrogen) atoms. The number of thioether (sulfide) groups is 1. The van der Waals surface area contributed by atoms with Crippen LogP contribution >= 0.6 is 11.8 Å². The molecule has 1 aliphatic carbocycles. The Morgan fingerprint density at radius 3 is 2.43 bits per heavy atom. The van der Waals surface area contributed by atoms with E-state index in [9.17, 15) is 4.79 Å². The second-order valence-corrected chi connectivity index (χ2v) is 2.92. The smallest absolute Gasteiger partial charge is 0.176 e. The summed E-state index contributed by atoms with van der Waals surface area (Å²) in [5, 5.41) is 0.678. The third kappa shape index (κ3) is 1.20. The highest BCUT2D eigenvalue weighted by atomic mass is 32.2. The Balaban J connectivity index is 2.03. The van der Waals surface area contributed by atoms with Crippen LogP contribution in [-0.4, -0.2) is 10.9 Å². The van der Waals surface area contributed by atoms with Crippen molar-refractivity contribution >= 4 is 17.4 Å². The first-order valence-corrected chi connectivity index (χ1v) is 3.47. The van der Waals surface area contributed by atoms with Crippen LogP contribution in [0.1, 0.15) is 19.3 Å². The molecular formula is C5H8OS. The quantitative estimate of drug-likeness (QED) is 0.508. The van der Waals surface area contributed by atoms with Crippen LogP contribution in [0.4, 0.5) is 0 Å². The largest absolute Gasteiger partial charge is 0.291 e. The maximum Gasteiger partial charge on any atom is 0.176 e. The van der Waals surface area contributed by atoms with Gasteiger partial charge < -0.3 is 0 Å². The van der Waals surface area contributed by atoms with E-state index in [-0.39, 0.29) is 0 Å². The molecule has 0 saturated heterocycles. The fourth-order valence-electron chi connectivity index (χ4n) is 0.585. The van der Waals surface area contributed by atoms with E-state index in [0.29, 0.717) is 5.25 Å². The predicted molar refractivity (Wildman–Crippen MR) is 32.0 cm³/mol. The Kier molecular flexibility index (Phi) is 1.74. The van der Waals surface area contributed by atoms with Crippen LogP contribution in [0, 0.1) is 0 Å². The third-order valence-corrected chi connectivity index (χ3v) is 2.27. The molecular weight excluding hydrogens is 108 g/mol. The molecule has 0 atom stereocenters. The van der Waals surface area contributed by atoms with Gasteiger partial charge in [-0.25, -0.2) is 0 Å². The van der Waals surface area contributed by atoms with Gasteiger partial charge in [0.05, 0.1) is 0 Å². The second-order valence-electron chi connectivity index (χ2n) is 1.79. The van der Waals surface area contributed by atoms with Crippen molar-refractivity contribution in [3.8, 4) is 0 Å². The normalized spacial score (nSPS) is 21.1. The summed E-state index contributed by atoms with van der Waals surface area (Å²) in [7, 11) is 0. The van der Waals surface area contributed by atoms with E-state index in [1.165, 1.54) is 31.0 Å². The average molecular weight is 116 g/mol. The molecule has 1 nitrogen and oxygen atoms in total. The number of carbonyl (C=O) groups is 1. The summed E-state index contributed by atoms with van der Waals surface area (Å²) in [4.78, 5) is 9.77. The van der Waals surface area contributed by atoms with Gasteiger partial charge in [0.2, 0.25) is 0 Å². The van der Waals surface area contributed by atoms with Gasteiger partial charge in [-0.05, 0) is 12.8 Å². The first-order valence-electron chi connectivity index (χ1n) is 2.52. The minimum atomic E-state index is 0.678. The van der Waals surface area contributed by atoms with E-state index in [1.807, 2.05) is 0 Å². The molecule has 0 aliphatic heterocycles. The summed E-state index contributed by atoms with van der Waals surface area (Å²) >= 11 is 1.44. The Hall–Kier alpha value is 0.0200. The predicted octanol–water partition coefficient (Wildman–Crippen LogP) is 1.46. The first-order chi connectivity index (χ1) is 3.43. The van der Waals surface area contributed by atoms with Crippen molar-refractivity contribution in [2.24, 2.45) is 0 Å². The van der Waals surface area contributed by atoms with Crippen LogP contribution in [-0.2, 0) is 4.79 Å². The van der Waals surface area contributed by atoms with E-state index in [4.69, 9.17) is 0 Å². The minimum absolute atomic E-state index is 0.678. The van der Waals surface area contributed by atoms with Gasteiger partial charge >= 0.3 is 0 Å². The van der Waals surface area contributed by atoms with Crippen molar-refractivity contribution in [3.05, 3.63) is 0 Å². The van der Waals surface area contributed by atoms with Crippen molar-refractivity contribution in [1.82, 2.24) is 0 Å². The molecule has 0 radical (unpaired) electrons. The van der Waals surface area contributed by atoms with Gasteiger partial charge in [-0.2, -0.15) is 0 Å². The van der Waals surface area contributed by atoms with E-state index in [1.54, 1.807) is 0 Å². The van der Waals surface area contributed by atoms with Gasteiger partial charge in [0.15, 0.2) is 5.62 Å². The van der Waals surface area contributed by atoms with Gasteiger partial charge in [-0.15, -0.1) is 0 Å². The molecule has 40 valence electrons. The van der Waals surface area contributed by atoms with Crippen molar-refractivity contribution in [2.75, 3.05) is 0 Å². The average Bonchev–Trinajstić information content (AvgIpc) is 1.55. The molecule has 0 bridgehead atoms. The Morgan fingerprint density at radius 1 is 1.57 bits per heavy atom. The van der Waals surface area contributed by atoms with E-state index in [2.05, 4.69) is 0 Å². The summed E-state index contributed by atoms with van der Waals surface area (Å²) in [5.41, 5.74) is 0.948. The van der Waals surface area contributed by atoms with Crippen LogP contribution < -0.4 is 0 Å². The Labute approximate surface area is 47.5 Å². The van der Waals surface area contributed by atoms with Crippen LogP contribution in [0.15, 0.2) is 0 Å². The highest BCUT2D eigenvalue weighted by Gasteiger charge is 2.16. The van der Waals surface area contributed by atoms with Crippen LogP contribution in [0.3, 0.4) is 0 Å². The molecule has 1 rings (SSSR count). The minimum Gasteiger partial charge on any atom is -0.291 e. The molecule has 0 unspecified atom stereocenters. The topological polar surface area (TPSA) is 17.1 Å². The molecule has 1 fully saturated rings. The number of rotatable bonds is 2. The van der Waals surface area contributed by atoms with Crippen molar-refractivity contribution < 1.29 is 4.79 Å². The third-order valence-electron chi connectivity index (χ3n) is 1.30. The molecule has 2 heteroatoms. The van der Waals surface area contributed by atoms with Crippen LogP contribution in [0.2, 0.25) is 0 Å². The van der Waals surface area contributed by atoms with E-state index in [0.717, 1.165) is 5.62 Å². The zero-order valence-electron chi connectivity index (χ0n) is 4.09. The van der Waals surface area contributed by atoms with Crippen molar-refractivity contribution in [3.63, 3.8) is 0 Å². The first kappa shape index (κ1) is 5.16. The monoisotopic (exact) mass is 116 g/mol. The number of hydrogen-bond donors (Lipinski definition) is 0. The summed E-state index contributed by atoms with van der Waals surface area (Å²) in [6.07, 6.45) is 3.83. The lowest BCUT2D eigenvalue weighted by atomic mass is 10.0. The highest BCUT2D eigenvalue weighted by Crippen LogP contribution is 2.29. The molecule has 0 aromatic rings. The lowest BCUT2D eigenvalue weighted by Gasteiger charge is -2.21. The van der Waals surface area contributed by atoms with Gasteiger partial charge in [0, 0.05) is 5.25 Å². The van der Waals surface area contributed by atoms with Gasteiger partial charge in [-0.1, -0.05) is 18.2 Å². The summed E-state index contributed by atoms with van der Waals surface area (Å²) < 4.78 is 0. The maximum absolute atomic E-state index is 9.77. The molecule has 1 saturated carbocycles. The maximum atomic E-state index is 9.77. The molecule has 0 aromatic heterocycles. The molecule has 0 amide bonds. The van der Waals surface area contributed by atoms with E-state index >= 15 is 0 Å². The van der Waals surface area contributed by atoms with Gasteiger partial charge in [0.25, 0.3) is 0 Å². The number of carbonyl (C=O) groups excluding carboxylic acids is 1. The molecule has 0 N–H and O–H groups in total. The fourth-order valence-corrected chi connectivity index (χ4v) is 1.35. The second kappa shape index (κ2) is 2.36. The molecule has 0 heterocycles. The van der Waals surface area contributed by atoms with Crippen LogP contribution in [0.5, 0.6) is 0 Å². The summed E-state index contributed by atoms with van der Waals surface area (Å²) in [6, 6.07) is 0. The fraction of sp³-hybridized carbons (Fsp3) is 0.800. The Bertz CT molecular complexity index is 68.5. The zero-order chi connectivity index (χ0) is 5.11. The van der Waals surface area contributed by atoms with Crippen LogP contribution in [0.25, 0.3) is 0 Å². The number of hydrogen-bond acceptors (Lipinski definition) is 2. The highest BCUT2D eigenvalue weighted by molar-refractivity contribution is 8.12. The van der Waals surface area contributed by atoms with Gasteiger partial charge in [0.1, 0.15) is 0 Å². The SMILES string of the molecule is O=CSC1CCC1. The zero-order valence-corrected chi connectivity index (χ0v) is 4.91. The summed E-state index contributed by atoms with van der Waals surface area (Å²) in [6.45, 7) is 0. The van der Waals surface area contributed by atoms with Crippen molar-refractivity contribution in [1.29, 1.82) is 0 Å². The lowest BCUT2D eigenvalue weighted by molar-refractivity contribution is 0.522. The summed E-state index contributed by atoms with van der Waals surface area (Å²) in [5.74, 6) is 0. The lowest BCUT2D eigenvalue weighted by Crippen LogP contribution is -2.12. The standard InChI is InChI=1S/C5H8OS/c6-4-7-5-2-1-3-5/h4-5H,1-3H2.